The van der Waals surface area contributed by atoms with Crippen LogP contribution in [-0.2, 0) is 6.61 Å². The molecule has 0 radical (unpaired) electrons. The summed E-state index contributed by atoms with van der Waals surface area (Å²) >= 11 is 1.52. The third-order valence-electron chi connectivity index (χ3n) is 2.16. The van der Waals surface area contributed by atoms with Gasteiger partial charge in [-0.05, 0) is 22.9 Å². The Morgan fingerprint density at radius 1 is 1.57 bits per heavy atom. The molecule has 70 valence electrons. The quantitative estimate of drug-likeness (QED) is 0.696. The lowest BCUT2D eigenvalue weighted by Crippen LogP contribution is -1.97. The van der Waals surface area contributed by atoms with E-state index in [0.29, 0.717) is 16.8 Å². The van der Waals surface area contributed by atoms with Gasteiger partial charge in [0.2, 0.25) is 0 Å². The molecule has 4 heteroatoms. The molecule has 0 atom stereocenters. The molecule has 3 N–H and O–H groups in total. The fourth-order valence-corrected chi connectivity index (χ4v) is 2.38. The molecule has 0 aliphatic rings. The van der Waals surface area contributed by atoms with E-state index in [1.54, 1.807) is 6.07 Å². The fourth-order valence-electron chi connectivity index (χ4n) is 1.45. The standard InChI is InChI=1S/C10H8N2OS/c11-4-7-3-6-1-2-14-10(6)8(5-13)9(7)12/h1-3,13H,5,12H2. The van der Waals surface area contributed by atoms with Crippen LogP contribution in [0.25, 0.3) is 10.1 Å². The lowest BCUT2D eigenvalue weighted by Gasteiger charge is -2.05. The molecule has 0 bridgehead atoms. The smallest absolute Gasteiger partial charge is 0.101 e. The molecule has 2 aromatic rings. The second-order valence-electron chi connectivity index (χ2n) is 2.93. The van der Waals surface area contributed by atoms with Crippen LogP contribution in [-0.4, -0.2) is 5.11 Å². The first-order valence-corrected chi connectivity index (χ1v) is 4.95. The number of hydrogen-bond acceptors (Lipinski definition) is 4. The lowest BCUT2D eigenvalue weighted by atomic mass is 10.1. The Labute approximate surface area is 85.0 Å². The summed E-state index contributed by atoms with van der Waals surface area (Å²) in [6.07, 6.45) is 0. The van der Waals surface area contributed by atoms with Crippen molar-refractivity contribution in [3.63, 3.8) is 0 Å². The summed E-state index contributed by atoms with van der Waals surface area (Å²) < 4.78 is 0.962. The van der Waals surface area contributed by atoms with E-state index in [-0.39, 0.29) is 6.61 Å². The van der Waals surface area contributed by atoms with Crippen LogP contribution in [0.2, 0.25) is 0 Å². The second-order valence-corrected chi connectivity index (χ2v) is 3.84. The van der Waals surface area contributed by atoms with E-state index >= 15 is 0 Å². The van der Waals surface area contributed by atoms with Crippen LogP contribution in [0.4, 0.5) is 5.69 Å². The summed E-state index contributed by atoms with van der Waals surface area (Å²) in [6, 6.07) is 5.69. The highest BCUT2D eigenvalue weighted by Crippen LogP contribution is 2.31. The molecule has 0 fully saturated rings. The minimum absolute atomic E-state index is 0.127. The van der Waals surface area contributed by atoms with E-state index in [0.717, 1.165) is 10.1 Å². The molecule has 0 amide bonds. The van der Waals surface area contributed by atoms with Gasteiger partial charge in [0.15, 0.2) is 0 Å². The Hall–Kier alpha value is -1.57. The van der Waals surface area contributed by atoms with Crippen LogP contribution >= 0.6 is 11.3 Å². The number of nitrogens with two attached hydrogens (primary N) is 1. The van der Waals surface area contributed by atoms with Crippen molar-refractivity contribution >= 4 is 27.1 Å². The Bertz CT molecular complexity index is 525. The maximum absolute atomic E-state index is 9.17. The molecule has 0 aliphatic carbocycles. The van der Waals surface area contributed by atoms with Gasteiger partial charge in [-0.25, -0.2) is 0 Å². The third kappa shape index (κ3) is 1.15. The van der Waals surface area contributed by atoms with Crippen molar-refractivity contribution in [2.45, 2.75) is 6.61 Å². The topological polar surface area (TPSA) is 70.0 Å². The number of thiophene rings is 1. The molecule has 0 saturated heterocycles. The minimum atomic E-state index is -0.127. The average molecular weight is 204 g/mol. The Kier molecular flexibility index (Phi) is 2.12. The lowest BCUT2D eigenvalue weighted by molar-refractivity contribution is 0.284. The van der Waals surface area contributed by atoms with Crippen LogP contribution < -0.4 is 5.73 Å². The van der Waals surface area contributed by atoms with E-state index in [2.05, 4.69) is 0 Å². The second kappa shape index (κ2) is 3.29. The fraction of sp³-hybridized carbons (Fsp3) is 0.100. The minimum Gasteiger partial charge on any atom is -0.397 e. The highest BCUT2D eigenvalue weighted by molar-refractivity contribution is 7.17. The van der Waals surface area contributed by atoms with Crippen molar-refractivity contribution in [2.75, 3.05) is 5.73 Å². The predicted octanol–water partition coefficient (Wildman–Crippen LogP) is 1.85. The number of fused-ring (bicyclic) bond motifs is 1. The Morgan fingerprint density at radius 3 is 3.00 bits per heavy atom. The van der Waals surface area contributed by atoms with E-state index in [9.17, 15) is 5.11 Å². The number of aliphatic hydroxyl groups excluding tert-OH is 1. The summed E-state index contributed by atoms with van der Waals surface area (Å²) in [5.74, 6) is 0. The maximum atomic E-state index is 9.17. The Balaban J connectivity index is 2.89. The van der Waals surface area contributed by atoms with Crippen molar-refractivity contribution in [1.82, 2.24) is 0 Å². The largest absolute Gasteiger partial charge is 0.397 e. The number of nitriles is 1. The number of anilines is 1. The molecular formula is C10H8N2OS. The Morgan fingerprint density at radius 2 is 2.36 bits per heavy atom. The van der Waals surface area contributed by atoms with Crippen LogP contribution in [0.15, 0.2) is 17.5 Å². The monoisotopic (exact) mass is 204 g/mol. The van der Waals surface area contributed by atoms with E-state index < -0.39 is 0 Å². The van der Waals surface area contributed by atoms with Gasteiger partial charge < -0.3 is 10.8 Å². The first kappa shape index (κ1) is 9.00. The molecular weight excluding hydrogens is 196 g/mol. The summed E-state index contributed by atoms with van der Waals surface area (Å²) in [7, 11) is 0. The number of nitrogen functional groups attached to an aromatic ring is 1. The van der Waals surface area contributed by atoms with E-state index in [4.69, 9.17) is 11.0 Å². The zero-order chi connectivity index (χ0) is 10.1. The van der Waals surface area contributed by atoms with Gasteiger partial charge in [0.25, 0.3) is 0 Å². The van der Waals surface area contributed by atoms with Crippen LogP contribution in [0.1, 0.15) is 11.1 Å². The first-order valence-electron chi connectivity index (χ1n) is 4.07. The number of rotatable bonds is 1. The number of aliphatic hydroxyl groups is 1. The third-order valence-corrected chi connectivity index (χ3v) is 3.15. The van der Waals surface area contributed by atoms with Crippen LogP contribution in [0.3, 0.4) is 0 Å². The van der Waals surface area contributed by atoms with Crippen LogP contribution in [0.5, 0.6) is 0 Å². The van der Waals surface area contributed by atoms with Gasteiger partial charge in [0.1, 0.15) is 6.07 Å². The highest BCUT2D eigenvalue weighted by Gasteiger charge is 2.10. The van der Waals surface area contributed by atoms with Crippen molar-refractivity contribution in [2.24, 2.45) is 0 Å². The highest BCUT2D eigenvalue weighted by atomic mass is 32.1. The van der Waals surface area contributed by atoms with Crippen molar-refractivity contribution in [1.29, 1.82) is 5.26 Å². The summed E-state index contributed by atoms with van der Waals surface area (Å²) in [5, 5.41) is 20.9. The van der Waals surface area contributed by atoms with Gasteiger partial charge >= 0.3 is 0 Å². The maximum Gasteiger partial charge on any atom is 0.101 e. The molecule has 0 spiro atoms. The van der Waals surface area contributed by atoms with Gasteiger partial charge in [-0.3, -0.25) is 0 Å². The number of hydrogen-bond donors (Lipinski definition) is 2. The van der Waals surface area contributed by atoms with Crippen LogP contribution in [0, 0.1) is 11.3 Å². The van der Waals surface area contributed by atoms with E-state index in [1.807, 2.05) is 17.5 Å². The molecule has 1 aromatic heterocycles. The molecule has 1 aromatic carbocycles. The SMILES string of the molecule is N#Cc1cc2ccsc2c(CO)c1N. The molecule has 14 heavy (non-hydrogen) atoms. The van der Waals surface area contributed by atoms with Gasteiger partial charge in [-0.2, -0.15) is 5.26 Å². The molecule has 3 nitrogen and oxygen atoms in total. The zero-order valence-electron chi connectivity index (χ0n) is 7.32. The summed E-state index contributed by atoms with van der Waals surface area (Å²) in [4.78, 5) is 0. The molecule has 0 aliphatic heterocycles. The molecule has 0 saturated carbocycles. The summed E-state index contributed by atoms with van der Waals surface area (Å²) in [6.45, 7) is -0.127. The first-order chi connectivity index (χ1) is 6.77. The molecule has 1 heterocycles. The van der Waals surface area contributed by atoms with Crippen molar-refractivity contribution < 1.29 is 5.11 Å². The van der Waals surface area contributed by atoms with E-state index in [1.165, 1.54) is 11.3 Å². The number of benzene rings is 1. The van der Waals surface area contributed by atoms with Gasteiger partial charge in [-0.1, -0.05) is 0 Å². The molecule has 0 unspecified atom stereocenters. The van der Waals surface area contributed by atoms with Gasteiger partial charge in [0, 0.05) is 10.3 Å². The number of nitrogens with zero attached hydrogens (tertiary/aromatic N) is 1. The average Bonchev–Trinajstić information content (AvgIpc) is 2.64. The molecule has 2 rings (SSSR count). The van der Waals surface area contributed by atoms with Crippen molar-refractivity contribution in [3.8, 4) is 6.07 Å². The normalized spacial score (nSPS) is 10.3. The van der Waals surface area contributed by atoms with Crippen molar-refractivity contribution in [3.05, 3.63) is 28.6 Å². The zero-order valence-corrected chi connectivity index (χ0v) is 8.14. The van der Waals surface area contributed by atoms with Gasteiger partial charge in [0.05, 0.1) is 17.9 Å². The van der Waals surface area contributed by atoms with Gasteiger partial charge in [-0.15, -0.1) is 11.3 Å². The summed E-state index contributed by atoms with van der Waals surface area (Å²) in [5.41, 5.74) is 7.24. The predicted molar refractivity (Wildman–Crippen MR) is 56.9 cm³/mol.